The number of anilines is 7. The van der Waals surface area contributed by atoms with Crippen molar-refractivity contribution in [2.45, 2.75) is 131 Å². The first-order chi connectivity index (χ1) is 67.5. The van der Waals surface area contributed by atoms with Crippen molar-refractivity contribution in [2.24, 2.45) is 28.2 Å². The molecule has 16 aromatic rings. The average Bonchev–Trinajstić information content (AvgIpc) is 1.59. The van der Waals surface area contributed by atoms with E-state index in [1.807, 2.05) is 192 Å². The van der Waals surface area contributed by atoms with Gasteiger partial charge in [-0.25, -0.2) is 49.5 Å². The zero-order valence-corrected chi connectivity index (χ0v) is 80.0. The second kappa shape index (κ2) is 37.4. The van der Waals surface area contributed by atoms with Crippen LogP contribution in [0.2, 0.25) is 5.15 Å². The van der Waals surface area contributed by atoms with Gasteiger partial charge >= 0.3 is 12.2 Å². The van der Waals surface area contributed by atoms with Crippen LogP contribution in [-0.2, 0) is 116 Å². The Morgan fingerprint density at radius 3 is 1.09 bits per heavy atom. The minimum atomic E-state index is -0.559. The van der Waals surface area contributed by atoms with Gasteiger partial charge in [0.15, 0.2) is 0 Å². The van der Waals surface area contributed by atoms with E-state index in [4.69, 9.17) is 56.7 Å². The van der Waals surface area contributed by atoms with Crippen molar-refractivity contribution in [1.82, 2.24) is 119 Å². The molecule has 36 nitrogen and oxygen atoms in total. The highest BCUT2D eigenvalue weighted by atomic mass is 35.5. The van der Waals surface area contributed by atoms with Crippen molar-refractivity contribution in [3.05, 3.63) is 266 Å². The number of carbonyl (C=O) groups is 6. The number of aryl methyl sites for hydroxylation is 4. The maximum Gasteiger partial charge on any atom is 0.410 e. The number of nitrogens with one attached hydrogen (secondary N) is 8. The van der Waals surface area contributed by atoms with Crippen LogP contribution in [0, 0.1) is 0 Å². The second-order valence-electron chi connectivity index (χ2n) is 37.6. The molecule has 0 spiro atoms. The summed E-state index contributed by atoms with van der Waals surface area (Å²) in [7, 11) is 9.94. The minimum Gasteiger partial charge on any atom is -0.444 e. The molecule has 0 unspecified atom stereocenters. The molecule has 37 heteroatoms. The van der Waals surface area contributed by atoms with Crippen LogP contribution in [0.15, 0.2) is 171 Å². The highest BCUT2D eigenvalue weighted by Crippen LogP contribution is 2.43. The topological polar surface area (TPSA) is 427 Å². The number of hydrogen-bond acceptors (Lipinski definition) is 26. The molecule has 0 aromatic carbocycles. The van der Waals surface area contributed by atoms with Crippen LogP contribution in [0.5, 0.6) is 0 Å². The van der Waals surface area contributed by atoms with Gasteiger partial charge in [0, 0.05) is 203 Å². The third-order valence-electron chi connectivity index (χ3n) is 25.8. The molecule has 0 aliphatic carbocycles. The third kappa shape index (κ3) is 18.3. The number of hydrogen-bond donors (Lipinski definition) is 9. The number of rotatable bonds is 10. The predicted molar refractivity (Wildman–Crippen MR) is 533 cm³/mol. The molecule has 16 aromatic heterocycles. The molecule has 0 saturated carbocycles. The fraction of sp³-hybridized carbons (Fsp3) is 0.282. The number of nitrogens with zero attached hydrogens (tertiary/aromatic N) is 19. The Morgan fingerprint density at radius 1 is 0.379 bits per heavy atom. The van der Waals surface area contributed by atoms with E-state index in [1.165, 1.54) is 11.1 Å². The summed E-state index contributed by atoms with van der Waals surface area (Å²) in [5, 5.41) is 29.5. The number of nitrogens with two attached hydrogens (primary N) is 1. The molecular formula is C103H103ClN28O8. The first-order valence-corrected chi connectivity index (χ1v) is 46.7. The van der Waals surface area contributed by atoms with Gasteiger partial charge in [0.05, 0.1) is 128 Å². The molecule has 8 aliphatic heterocycles. The Labute approximate surface area is 809 Å². The monoisotopic (exact) mass is 1890 g/mol. The molecular weight excluding hydrogens is 1790 g/mol. The van der Waals surface area contributed by atoms with Gasteiger partial charge in [-0.15, -0.1) is 0 Å². The van der Waals surface area contributed by atoms with Crippen LogP contribution < -0.4 is 48.3 Å². The fourth-order valence-corrected chi connectivity index (χ4v) is 19.1. The van der Waals surface area contributed by atoms with E-state index in [0.29, 0.717) is 121 Å². The molecule has 0 fully saturated rings. The molecule has 0 radical (unpaired) electrons. The normalized spacial score (nSPS) is 14.8. The zero-order chi connectivity index (χ0) is 97.3. The van der Waals surface area contributed by atoms with Gasteiger partial charge in [0.25, 0.3) is 23.6 Å². The van der Waals surface area contributed by atoms with Crippen molar-refractivity contribution in [3.8, 4) is 45.0 Å². The molecule has 0 atom stereocenters. The van der Waals surface area contributed by atoms with Gasteiger partial charge < -0.3 is 90.7 Å². The summed E-state index contributed by atoms with van der Waals surface area (Å²) in [6, 6.07) is 31.7. The number of likely N-dealkylation sites (N-methyl/N-ethyl adjacent to an activating group) is 1. The summed E-state index contributed by atoms with van der Waals surface area (Å²) < 4.78 is 18.8. The van der Waals surface area contributed by atoms with Gasteiger partial charge in [-0.05, 0) is 176 Å². The van der Waals surface area contributed by atoms with Crippen molar-refractivity contribution >= 4 is 132 Å². The van der Waals surface area contributed by atoms with Crippen LogP contribution in [0.1, 0.15) is 150 Å². The summed E-state index contributed by atoms with van der Waals surface area (Å²) in [6.07, 6.45) is 24.5. The number of pyridine rings is 12. The molecule has 710 valence electrons. The number of nitrogen functional groups attached to an aromatic ring is 1. The fourth-order valence-electron chi connectivity index (χ4n) is 18.9. The van der Waals surface area contributed by atoms with Gasteiger partial charge in [0.2, 0.25) is 0 Å². The lowest BCUT2D eigenvalue weighted by atomic mass is 10.0. The lowest BCUT2D eigenvalue weighted by Gasteiger charge is -2.30. The van der Waals surface area contributed by atoms with E-state index in [9.17, 15) is 28.8 Å². The summed E-state index contributed by atoms with van der Waals surface area (Å²) in [4.78, 5) is 136. The summed E-state index contributed by atoms with van der Waals surface area (Å²) >= 11 is 5.86. The molecule has 10 N–H and O–H groups in total. The van der Waals surface area contributed by atoms with Gasteiger partial charge in [-0.1, -0.05) is 35.9 Å². The van der Waals surface area contributed by atoms with E-state index in [2.05, 4.69) is 96.5 Å². The maximum absolute atomic E-state index is 12.9. The zero-order valence-electron chi connectivity index (χ0n) is 79.2. The van der Waals surface area contributed by atoms with Crippen molar-refractivity contribution in [2.75, 3.05) is 54.9 Å². The molecule has 0 bridgehead atoms. The lowest BCUT2D eigenvalue weighted by Crippen LogP contribution is -2.40. The molecule has 6 amide bonds. The third-order valence-corrected chi connectivity index (χ3v) is 26.0. The number of carbonyl (C=O) groups excluding carboxylic acids is 6. The van der Waals surface area contributed by atoms with E-state index in [1.54, 1.807) is 65.4 Å². The van der Waals surface area contributed by atoms with E-state index in [0.717, 1.165) is 197 Å². The van der Waals surface area contributed by atoms with E-state index >= 15 is 0 Å². The first kappa shape index (κ1) is 91.5. The Kier molecular flexibility index (Phi) is 24.4. The maximum atomic E-state index is 12.9. The number of halogens is 1. The smallest absolute Gasteiger partial charge is 0.410 e. The molecule has 24 heterocycles. The van der Waals surface area contributed by atoms with Crippen molar-refractivity contribution < 1.29 is 38.2 Å². The SMILES string of the molecule is CC(C)(C)OC(=O)N1CCc2ccc(Cl)nc2C1.CN1CCc2ccc(Nc3cnc(-c4ccnc5c4ccn5C)c4c3C(=O)NC4)nc2C1.Cn1ccc2c(-c3ncc(N)c4c3CNC4=O)ccnc21.Cn1ccc2c(-c3ncc(Nc4ccc5c(n4)CN(C(=O)OC(C)(C)C)CC5)c4c3CNC4=O)ccnc21.Cn1ccc2c(-c3ncc(Nc4ccc5c(n4)CNCC5)c4c3CNC4=O)ccnc21. The van der Waals surface area contributed by atoms with Crippen LogP contribution in [0.3, 0.4) is 0 Å². The number of fused-ring (bicyclic) bond motifs is 12. The van der Waals surface area contributed by atoms with E-state index in [-0.39, 0.29) is 35.8 Å². The standard InChI is InChI=1S/C28H29N7O3.C24H23N7O.C23H21N7O.C15H13N5O.C13H17ClN2O2/c1-28(2,3)38-27(37)35-12-8-16-5-6-22(33-21(16)15-35)32-20-14-30-24(19-13-31-26(36)23(19)20)17-7-10-29-25-18(17)9-11-34(25)4;1-30-9-6-14-3-4-20(29-19(14)13-30)28-18-12-26-22(17-11-27-24(32)21(17)18)15-5-8-25-23-16(15)7-10-31(23)2;1-30-9-6-15-14(5-8-25-22(15)30)21-16-10-27-23(31)20(16)18(12-26-21)29-19-3-2-13-4-7-24-11-17(13)28-19;1-20-5-3-9-8(2-4-17-14(9)20)13-10-6-19-15(21)12(10)11(16)7-18-13;1-13(2,3)18-12(17)16-7-6-9-4-5-11(14)15-10(9)8-16/h5-7,9-11,14H,8,12-13,15H2,1-4H3,(H,31,36)(H,32,33);3-5,7-8,10,12H,6,9,11,13H2,1-2H3,(H,27,32)(H,28,29);2-3,5-6,8-9,12,24H,4,7,10-11H2,1H3,(H,27,31)(H,28,29);2-5,7H,6,16H2,1H3,(H,19,21);4-5H,6-8H2,1-3H3. The summed E-state index contributed by atoms with van der Waals surface area (Å²) in [6.45, 7) is 18.6. The van der Waals surface area contributed by atoms with Crippen LogP contribution in [0.4, 0.5) is 49.8 Å². The molecule has 0 saturated heterocycles. The summed E-state index contributed by atoms with van der Waals surface area (Å²) in [5.74, 6) is 1.54. The summed E-state index contributed by atoms with van der Waals surface area (Å²) in [5.41, 5.74) is 32.2. The van der Waals surface area contributed by atoms with Crippen LogP contribution in [-0.4, -0.2) is 173 Å². The minimum absolute atomic E-state index is 0.0952. The Balaban J connectivity index is 0.000000110. The first-order valence-electron chi connectivity index (χ1n) is 46.3. The average molecular weight is 1900 g/mol. The number of amides is 6. The van der Waals surface area contributed by atoms with Gasteiger partial charge in [-0.2, -0.15) is 0 Å². The quantitative estimate of drug-likeness (QED) is 0.0574. The largest absolute Gasteiger partial charge is 0.444 e. The van der Waals surface area contributed by atoms with Crippen molar-refractivity contribution in [1.29, 1.82) is 0 Å². The lowest BCUT2D eigenvalue weighted by molar-refractivity contribution is 0.0211. The van der Waals surface area contributed by atoms with E-state index < -0.39 is 11.2 Å². The highest BCUT2D eigenvalue weighted by molar-refractivity contribution is 6.29. The Morgan fingerprint density at radius 2 is 0.707 bits per heavy atom. The van der Waals surface area contributed by atoms with Crippen molar-refractivity contribution in [3.63, 3.8) is 0 Å². The Hall–Kier alpha value is -16.2. The van der Waals surface area contributed by atoms with Crippen LogP contribution in [0.25, 0.3) is 89.2 Å². The molecule has 24 rings (SSSR count). The second-order valence-corrected chi connectivity index (χ2v) is 38.0. The number of aromatic nitrogens is 16. The molecule has 8 aliphatic rings. The van der Waals surface area contributed by atoms with Crippen LogP contribution >= 0.6 is 11.6 Å². The van der Waals surface area contributed by atoms with Gasteiger partial charge in [-0.3, -0.25) is 39.1 Å². The molecule has 140 heavy (non-hydrogen) atoms. The predicted octanol–water partition coefficient (Wildman–Crippen LogP) is 14.5. The van der Waals surface area contributed by atoms with Gasteiger partial charge in [0.1, 0.15) is 56.4 Å². The Bertz CT molecular complexity index is 7740. The highest BCUT2D eigenvalue weighted by Gasteiger charge is 2.36. The number of ether oxygens (including phenoxy) is 2.